The molecular formula is C15H19ClN2O2. The third-order valence-electron chi connectivity index (χ3n) is 4.13. The fourth-order valence-electron chi connectivity index (χ4n) is 2.63. The van der Waals surface area contributed by atoms with E-state index in [0.29, 0.717) is 19.7 Å². The molecular weight excluding hydrogens is 276 g/mol. The third kappa shape index (κ3) is 2.97. The van der Waals surface area contributed by atoms with Crippen LogP contribution in [0.3, 0.4) is 0 Å². The number of carbonyl (C=O) groups is 1. The summed E-state index contributed by atoms with van der Waals surface area (Å²) in [5.74, 6) is -0.0163. The normalized spacial score (nSPS) is 24.1. The van der Waals surface area contributed by atoms with E-state index in [4.69, 9.17) is 16.3 Å². The van der Waals surface area contributed by atoms with Gasteiger partial charge in [-0.25, -0.2) is 0 Å². The van der Waals surface area contributed by atoms with Gasteiger partial charge in [0.15, 0.2) is 0 Å². The van der Waals surface area contributed by atoms with Gasteiger partial charge in [0, 0.05) is 30.1 Å². The van der Waals surface area contributed by atoms with Crippen molar-refractivity contribution in [1.29, 1.82) is 0 Å². The summed E-state index contributed by atoms with van der Waals surface area (Å²) >= 11 is 5.92. The molecule has 1 aromatic rings. The largest absolute Gasteiger partial charge is 0.366 e. The van der Waals surface area contributed by atoms with Crippen LogP contribution in [0.2, 0.25) is 5.02 Å². The quantitative estimate of drug-likeness (QED) is 0.884. The Morgan fingerprint density at radius 2 is 2.15 bits per heavy atom. The van der Waals surface area contributed by atoms with Crippen LogP contribution in [0.25, 0.3) is 0 Å². The van der Waals surface area contributed by atoms with Crippen molar-refractivity contribution in [1.82, 2.24) is 10.6 Å². The van der Waals surface area contributed by atoms with Gasteiger partial charge < -0.3 is 15.4 Å². The molecule has 1 saturated heterocycles. The molecule has 1 unspecified atom stereocenters. The predicted molar refractivity (Wildman–Crippen MR) is 78.0 cm³/mol. The Hall–Kier alpha value is -1.10. The fourth-order valence-corrected chi connectivity index (χ4v) is 2.75. The van der Waals surface area contributed by atoms with Crippen LogP contribution in [0.4, 0.5) is 0 Å². The molecule has 0 aromatic heterocycles. The molecule has 3 rings (SSSR count). The maximum atomic E-state index is 12.1. The minimum absolute atomic E-state index is 0.0163. The maximum Gasteiger partial charge on any atom is 0.250 e. The lowest BCUT2D eigenvalue weighted by Crippen LogP contribution is -2.49. The summed E-state index contributed by atoms with van der Waals surface area (Å²) in [6.45, 7) is 2.69. The van der Waals surface area contributed by atoms with Gasteiger partial charge >= 0.3 is 0 Å². The van der Waals surface area contributed by atoms with Crippen molar-refractivity contribution in [3.05, 3.63) is 34.9 Å². The molecule has 1 saturated carbocycles. The molecule has 1 aliphatic heterocycles. The molecule has 1 atom stereocenters. The van der Waals surface area contributed by atoms with Crippen LogP contribution in [0.5, 0.6) is 0 Å². The van der Waals surface area contributed by atoms with Crippen molar-refractivity contribution in [2.75, 3.05) is 26.2 Å². The van der Waals surface area contributed by atoms with Crippen LogP contribution in [0.15, 0.2) is 24.3 Å². The van der Waals surface area contributed by atoms with Crippen molar-refractivity contribution >= 4 is 17.5 Å². The second-order valence-corrected chi connectivity index (χ2v) is 6.01. The molecule has 0 radical (unpaired) electrons. The van der Waals surface area contributed by atoms with E-state index in [1.165, 1.54) is 5.56 Å². The second-order valence-electron chi connectivity index (χ2n) is 5.57. The van der Waals surface area contributed by atoms with E-state index in [1.54, 1.807) is 0 Å². The van der Waals surface area contributed by atoms with Gasteiger partial charge in [-0.2, -0.15) is 0 Å². The molecule has 1 aliphatic carbocycles. The van der Waals surface area contributed by atoms with E-state index in [0.717, 1.165) is 24.4 Å². The van der Waals surface area contributed by atoms with Crippen molar-refractivity contribution in [2.24, 2.45) is 0 Å². The van der Waals surface area contributed by atoms with Gasteiger partial charge in [0.2, 0.25) is 5.91 Å². The highest BCUT2D eigenvalue weighted by Gasteiger charge is 2.44. The van der Waals surface area contributed by atoms with E-state index in [1.807, 2.05) is 12.1 Å². The SMILES string of the molecule is O=C(NCC1(c2ccc(Cl)cc2)CC1)C1CNCCO1. The first-order chi connectivity index (χ1) is 9.70. The molecule has 2 aliphatic rings. The first-order valence-corrected chi connectivity index (χ1v) is 7.44. The van der Waals surface area contributed by atoms with Gasteiger partial charge in [-0.15, -0.1) is 0 Å². The lowest BCUT2D eigenvalue weighted by atomic mass is 9.96. The van der Waals surface area contributed by atoms with Crippen molar-refractivity contribution in [2.45, 2.75) is 24.4 Å². The van der Waals surface area contributed by atoms with E-state index in [-0.39, 0.29) is 17.4 Å². The number of hydrogen-bond acceptors (Lipinski definition) is 3. The number of rotatable bonds is 4. The Kier molecular flexibility index (Phi) is 3.96. The zero-order chi connectivity index (χ0) is 14.0. The molecule has 1 aromatic carbocycles. The molecule has 2 fully saturated rings. The molecule has 0 spiro atoms. The highest BCUT2D eigenvalue weighted by Crippen LogP contribution is 2.47. The lowest BCUT2D eigenvalue weighted by Gasteiger charge is -2.24. The van der Waals surface area contributed by atoms with Gasteiger partial charge in [0.1, 0.15) is 6.10 Å². The number of ether oxygens (including phenoxy) is 1. The Morgan fingerprint density at radius 1 is 1.40 bits per heavy atom. The summed E-state index contributed by atoms with van der Waals surface area (Å²) in [5.41, 5.74) is 1.35. The van der Waals surface area contributed by atoms with Crippen molar-refractivity contribution < 1.29 is 9.53 Å². The average Bonchev–Trinajstić information content (AvgIpc) is 3.27. The lowest BCUT2D eigenvalue weighted by molar-refractivity contribution is -0.134. The number of halogens is 1. The van der Waals surface area contributed by atoms with Gasteiger partial charge in [-0.1, -0.05) is 23.7 Å². The summed E-state index contributed by atoms with van der Waals surface area (Å²) in [5, 5.41) is 6.94. The molecule has 108 valence electrons. The monoisotopic (exact) mass is 294 g/mol. The molecule has 20 heavy (non-hydrogen) atoms. The molecule has 4 nitrogen and oxygen atoms in total. The zero-order valence-electron chi connectivity index (χ0n) is 11.3. The van der Waals surface area contributed by atoms with Gasteiger partial charge in [0.05, 0.1) is 6.61 Å². The van der Waals surface area contributed by atoms with Crippen LogP contribution in [0, 0.1) is 0 Å². The molecule has 0 bridgehead atoms. The number of benzene rings is 1. The summed E-state index contributed by atoms with van der Waals surface area (Å²) < 4.78 is 5.45. The minimum Gasteiger partial charge on any atom is -0.366 e. The molecule has 5 heteroatoms. The van der Waals surface area contributed by atoms with Gasteiger partial charge in [0.25, 0.3) is 0 Å². The van der Waals surface area contributed by atoms with Crippen molar-refractivity contribution in [3.63, 3.8) is 0 Å². The highest BCUT2D eigenvalue weighted by atomic mass is 35.5. The summed E-state index contributed by atoms with van der Waals surface area (Å²) in [6, 6.07) is 7.93. The number of amides is 1. The first-order valence-electron chi connectivity index (χ1n) is 7.06. The second kappa shape index (κ2) is 5.72. The predicted octanol–water partition coefficient (Wildman–Crippen LogP) is 1.48. The van der Waals surface area contributed by atoms with Crippen LogP contribution < -0.4 is 10.6 Å². The van der Waals surface area contributed by atoms with Gasteiger partial charge in [-0.05, 0) is 30.5 Å². The smallest absolute Gasteiger partial charge is 0.250 e. The fraction of sp³-hybridized carbons (Fsp3) is 0.533. The molecule has 2 N–H and O–H groups in total. The topological polar surface area (TPSA) is 50.4 Å². The summed E-state index contributed by atoms with van der Waals surface area (Å²) in [4.78, 5) is 12.1. The Labute approximate surface area is 123 Å². The number of hydrogen-bond donors (Lipinski definition) is 2. The zero-order valence-corrected chi connectivity index (χ0v) is 12.1. The Morgan fingerprint density at radius 3 is 2.75 bits per heavy atom. The standard InChI is InChI=1S/C15H19ClN2O2/c16-12-3-1-11(2-4-12)15(5-6-15)10-18-14(19)13-9-17-7-8-20-13/h1-4,13,17H,5-10H2,(H,18,19). The van der Waals surface area contributed by atoms with Crippen LogP contribution in [-0.4, -0.2) is 38.3 Å². The Bertz CT molecular complexity index is 479. The maximum absolute atomic E-state index is 12.1. The van der Waals surface area contributed by atoms with Gasteiger partial charge in [-0.3, -0.25) is 4.79 Å². The Balaban J connectivity index is 1.57. The molecule has 1 heterocycles. The number of nitrogens with one attached hydrogen (secondary N) is 2. The van der Waals surface area contributed by atoms with E-state index < -0.39 is 0 Å². The highest BCUT2D eigenvalue weighted by molar-refractivity contribution is 6.30. The molecule has 1 amide bonds. The van der Waals surface area contributed by atoms with Crippen LogP contribution in [0.1, 0.15) is 18.4 Å². The summed E-state index contributed by atoms with van der Waals surface area (Å²) in [7, 11) is 0. The van der Waals surface area contributed by atoms with Crippen LogP contribution in [-0.2, 0) is 14.9 Å². The number of morpholine rings is 1. The third-order valence-corrected chi connectivity index (χ3v) is 4.38. The van der Waals surface area contributed by atoms with E-state index in [2.05, 4.69) is 22.8 Å². The van der Waals surface area contributed by atoms with Crippen LogP contribution >= 0.6 is 11.6 Å². The first kappa shape index (κ1) is 13.9. The average molecular weight is 295 g/mol. The summed E-state index contributed by atoms with van der Waals surface area (Å²) in [6.07, 6.45) is 1.86. The van der Waals surface area contributed by atoms with E-state index in [9.17, 15) is 4.79 Å². The van der Waals surface area contributed by atoms with Crippen molar-refractivity contribution in [3.8, 4) is 0 Å². The minimum atomic E-state index is -0.357. The number of carbonyl (C=O) groups excluding carboxylic acids is 1. The van der Waals surface area contributed by atoms with E-state index >= 15 is 0 Å².